The van der Waals surface area contributed by atoms with Crippen LogP contribution in [-0.4, -0.2) is 54.3 Å². The highest BCUT2D eigenvalue weighted by atomic mass is 16.2. The van der Waals surface area contributed by atoms with Crippen molar-refractivity contribution in [2.24, 2.45) is 5.92 Å². The molecule has 0 atom stereocenters. The number of hydrogen-bond donors (Lipinski definition) is 1. The first-order valence-corrected chi connectivity index (χ1v) is 7.99. The van der Waals surface area contributed by atoms with Gasteiger partial charge in [-0.25, -0.2) is 0 Å². The molecule has 0 bridgehead atoms. The fourth-order valence-corrected chi connectivity index (χ4v) is 2.84. The first kappa shape index (κ1) is 15.0. The summed E-state index contributed by atoms with van der Waals surface area (Å²) in [7, 11) is 0. The van der Waals surface area contributed by atoms with E-state index in [0.717, 1.165) is 50.3 Å². The van der Waals surface area contributed by atoms with Crippen LogP contribution in [0.5, 0.6) is 0 Å². The zero-order valence-electron chi connectivity index (χ0n) is 13.0. The molecule has 1 aliphatic carbocycles. The second-order valence-corrected chi connectivity index (χ2v) is 6.29. The first-order valence-electron chi connectivity index (χ1n) is 7.99. The third-order valence-electron chi connectivity index (χ3n) is 4.28. The Bertz CT molecular complexity index is 561. The molecule has 5 heteroatoms. The van der Waals surface area contributed by atoms with Gasteiger partial charge in [0.1, 0.15) is 0 Å². The Balaban J connectivity index is 1.44. The Kier molecular flexibility index (Phi) is 4.43. The van der Waals surface area contributed by atoms with Crippen molar-refractivity contribution < 1.29 is 9.59 Å². The Morgan fingerprint density at radius 1 is 1.18 bits per heavy atom. The van der Waals surface area contributed by atoms with Crippen molar-refractivity contribution in [3.63, 3.8) is 0 Å². The van der Waals surface area contributed by atoms with Crippen molar-refractivity contribution >= 4 is 17.5 Å². The predicted octanol–water partition coefficient (Wildman–Crippen LogP) is 1.49. The van der Waals surface area contributed by atoms with Gasteiger partial charge in [-0.15, -0.1) is 0 Å². The van der Waals surface area contributed by atoms with Crippen LogP contribution in [0, 0.1) is 12.8 Å². The molecule has 1 N–H and O–H groups in total. The highest BCUT2D eigenvalue weighted by Gasteiger charge is 2.34. The summed E-state index contributed by atoms with van der Waals surface area (Å²) in [6, 6.07) is 7.81. The molecular weight excluding hydrogens is 278 g/mol. The van der Waals surface area contributed by atoms with Crippen LogP contribution in [0.1, 0.15) is 18.4 Å². The molecule has 0 unspecified atom stereocenters. The maximum absolute atomic E-state index is 12.1. The number of aryl methyl sites for hydroxylation is 1. The number of nitrogens with zero attached hydrogens (tertiary/aromatic N) is 2. The molecule has 2 fully saturated rings. The van der Waals surface area contributed by atoms with Crippen molar-refractivity contribution in [2.75, 3.05) is 38.0 Å². The van der Waals surface area contributed by atoms with Crippen LogP contribution in [0.2, 0.25) is 0 Å². The normalized spacial score (nSPS) is 19.0. The topological polar surface area (TPSA) is 52.7 Å². The van der Waals surface area contributed by atoms with Gasteiger partial charge < -0.3 is 10.2 Å². The maximum atomic E-state index is 12.1. The fraction of sp³-hybridized carbons (Fsp3) is 0.529. The zero-order valence-corrected chi connectivity index (χ0v) is 13.0. The van der Waals surface area contributed by atoms with Gasteiger partial charge in [0, 0.05) is 37.8 Å². The molecule has 1 heterocycles. The van der Waals surface area contributed by atoms with Gasteiger partial charge in [-0.2, -0.15) is 0 Å². The van der Waals surface area contributed by atoms with E-state index in [1.54, 1.807) is 0 Å². The lowest BCUT2D eigenvalue weighted by atomic mass is 10.2. The average molecular weight is 301 g/mol. The van der Waals surface area contributed by atoms with Crippen LogP contribution in [0.25, 0.3) is 0 Å². The molecule has 1 aliphatic heterocycles. The Morgan fingerprint density at radius 2 is 1.91 bits per heavy atom. The minimum absolute atomic E-state index is 0.00701. The first-order chi connectivity index (χ1) is 10.6. The highest BCUT2D eigenvalue weighted by molar-refractivity contribution is 5.92. The lowest BCUT2D eigenvalue weighted by molar-refractivity contribution is -0.134. The summed E-state index contributed by atoms with van der Waals surface area (Å²) in [5.74, 6) is 0.604. The number of piperazine rings is 1. The number of hydrogen-bond acceptors (Lipinski definition) is 3. The van der Waals surface area contributed by atoms with Gasteiger partial charge >= 0.3 is 0 Å². The number of anilines is 1. The minimum Gasteiger partial charge on any atom is -0.340 e. The number of rotatable bonds is 4. The number of nitrogens with one attached hydrogen (secondary N) is 1. The molecule has 0 radical (unpaired) electrons. The van der Waals surface area contributed by atoms with Crippen LogP contribution in [0.4, 0.5) is 5.69 Å². The number of benzene rings is 1. The van der Waals surface area contributed by atoms with Crippen LogP contribution >= 0.6 is 0 Å². The largest absolute Gasteiger partial charge is 0.340 e. The van der Waals surface area contributed by atoms with Crippen molar-refractivity contribution in [1.29, 1.82) is 0 Å². The van der Waals surface area contributed by atoms with E-state index in [-0.39, 0.29) is 11.8 Å². The molecule has 22 heavy (non-hydrogen) atoms. The van der Waals surface area contributed by atoms with E-state index in [2.05, 4.69) is 10.2 Å². The van der Waals surface area contributed by atoms with Gasteiger partial charge in [0.15, 0.2) is 0 Å². The summed E-state index contributed by atoms with van der Waals surface area (Å²) in [6.45, 7) is 5.44. The van der Waals surface area contributed by atoms with Gasteiger partial charge in [-0.05, 0) is 37.5 Å². The molecule has 3 rings (SSSR count). The maximum Gasteiger partial charge on any atom is 0.238 e. The predicted molar refractivity (Wildman–Crippen MR) is 85.6 cm³/mol. The molecular formula is C17H23N3O2. The van der Waals surface area contributed by atoms with Crippen LogP contribution in [0.3, 0.4) is 0 Å². The highest BCUT2D eigenvalue weighted by Crippen LogP contribution is 2.31. The van der Waals surface area contributed by atoms with E-state index in [9.17, 15) is 9.59 Å². The third-order valence-corrected chi connectivity index (χ3v) is 4.28. The van der Waals surface area contributed by atoms with Crippen LogP contribution in [0.15, 0.2) is 24.3 Å². The summed E-state index contributed by atoms with van der Waals surface area (Å²) < 4.78 is 0. The van der Waals surface area contributed by atoms with Crippen molar-refractivity contribution in [2.45, 2.75) is 19.8 Å². The summed E-state index contributed by atoms with van der Waals surface area (Å²) in [4.78, 5) is 28.1. The van der Waals surface area contributed by atoms with Crippen molar-refractivity contribution in [3.8, 4) is 0 Å². The molecule has 1 saturated carbocycles. The monoisotopic (exact) mass is 301 g/mol. The van der Waals surface area contributed by atoms with Gasteiger partial charge in [-0.1, -0.05) is 12.1 Å². The number of carbonyl (C=O) groups is 2. The van der Waals surface area contributed by atoms with E-state index >= 15 is 0 Å². The number of amides is 2. The van der Waals surface area contributed by atoms with Gasteiger partial charge in [0.2, 0.25) is 11.8 Å². The molecule has 1 aromatic rings. The molecule has 5 nitrogen and oxygen atoms in total. The van der Waals surface area contributed by atoms with Crippen molar-refractivity contribution in [3.05, 3.63) is 29.8 Å². The van der Waals surface area contributed by atoms with Crippen LogP contribution < -0.4 is 5.32 Å². The quantitative estimate of drug-likeness (QED) is 0.916. The van der Waals surface area contributed by atoms with Crippen LogP contribution in [-0.2, 0) is 9.59 Å². The Hall–Kier alpha value is -1.88. The molecule has 2 amide bonds. The molecule has 1 aromatic carbocycles. The summed E-state index contributed by atoms with van der Waals surface area (Å²) in [5, 5.41) is 2.93. The minimum atomic E-state index is 0.00701. The van der Waals surface area contributed by atoms with E-state index in [1.807, 2.05) is 36.1 Å². The molecule has 0 spiro atoms. The second kappa shape index (κ2) is 6.48. The Labute approximate surface area is 131 Å². The van der Waals surface area contributed by atoms with E-state index in [0.29, 0.717) is 12.5 Å². The van der Waals surface area contributed by atoms with Crippen molar-refractivity contribution in [1.82, 2.24) is 9.80 Å². The summed E-state index contributed by atoms with van der Waals surface area (Å²) in [6.07, 6.45) is 2.11. The van der Waals surface area contributed by atoms with Gasteiger partial charge in [0.25, 0.3) is 0 Å². The third kappa shape index (κ3) is 3.85. The average Bonchev–Trinajstić information content (AvgIpc) is 3.32. The van der Waals surface area contributed by atoms with E-state index in [4.69, 9.17) is 0 Å². The van der Waals surface area contributed by atoms with E-state index in [1.165, 1.54) is 0 Å². The fourth-order valence-electron chi connectivity index (χ4n) is 2.84. The molecule has 2 aliphatic rings. The zero-order chi connectivity index (χ0) is 15.5. The van der Waals surface area contributed by atoms with Gasteiger partial charge in [-0.3, -0.25) is 14.5 Å². The summed E-state index contributed by atoms with van der Waals surface area (Å²) in [5.41, 5.74) is 1.97. The lowest BCUT2D eigenvalue weighted by Crippen LogP contribution is -2.50. The number of carbonyl (C=O) groups excluding carboxylic acids is 2. The summed E-state index contributed by atoms with van der Waals surface area (Å²) >= 11 is 0. The second-order valence-electron chi connectivity index (χ2n) is 6.29. The van der Waals surface area contributed by atoms with E-state index < -0.39 is 0 Å². The molecule has 118 valence electrons. The SMILES string of the molecule is Cc1cccc(NC(=O)CN2CCN(C(=O)C3CC3)CC2)c1. The smallest absolute Gasteiger partial charge is 0.238 e. The Morgan fingerprint density at radius 3 is 2.55 bits per heavy atom. The lowest BCUT2D eigenvalue weighted by Gasteiger charge is -2.34. The van der Waals surface area contributed by atoms with Gasteiger partial charge in [0.05, 0.1) is 6.54 Å². The molecule has 0 aromatic heterocycles. The standard InChI is InChI=1S/C17H23N3O2/c1-13-3-2-4-15(11-13)18-16(21)12-19-7-9-20(10-8-19)17(22)14-5-6-14/h2-4,11,14H,5-10,12H2,1H3,(H,18,21). The molecule has 1 saturated heterocycles.